The van der Waals surface area contributed by atoms with Crippen LogP contribution >= 0.6 is 11.8 Å². The van der Waals surface area contributed by atoms with Crippen molar-refractivity contribution in [1.82, 2.24) is 10.3 Å². The number of aryl methyl sites for hydroxylation is 1. The molecule has 0 spiro atoms. The molecule has 1 amide bonds. The fourth-order valence-corrected chi connectivity index (χ4v) is 2.36. The van der Waals surface area contributed by atoms with Crippen LogP contribution in [0.3, 0.4) is 0 Å². The molecule has 0 aliphatic heterocycles. The van der Waals surface area contributed by atoms with Crippen molar-refractivity contribution in [2.45, 2.75) is 6.92 Å². The van der Waals surface area contributed by atoms with E-state index in [9.17, 15) is 9.59 Å². The number of carbonyl (C=O) groups is 2. The molecule has 0 saturated heterocycles. The summed E-state index contributed by atoms with van der Waals surface area (Å²) in [4.78, 5) is 26.4. The van der Waals surface area contributed by atoms with Crippen LogP contribution < -0.4 is 5.32 Å². The van der Waals surface area contributed by atoms with Gasteiger partial charge in [0.1, 0.15) is 0 Å². The Morgan fingerprint density at radius 3 is 2.73 bits per heavy atom. The highest BCUT2D eigenvalue weighted by atomic mass is 32.2. The normalized spacial score (nSPS) is 10.4. The van der Waals surface area contributed by atoms with Gasteiger partial charge in [-0.1, -0.05) is 29.8 Å². The SMILES string of the molecule is Cc1ccc(-c2ocnc2C(=O)NCCSCC(=O)O)cc1. The number of amides is 1. The van der Waals surface area contributed by atoms with E-state index in [2.05, 4.69) is 10.3 Å². The fraction of sp³-hybridized carbons (Fsp3) is 0.267. The smallest absolute Gasteiger partial charge is 0.313 e. The number of aromatic nitrogens is 1. The first kappa shape index (κ1) is 16.1. The molecule has 0 aliphatic carbocycles. The highest BCUT2D eigenvalue weighted by molar-refractivity contribution is 7.99. The maximum atomic E-state index is 12.1. The second-order valence-corrected chi connectivity index (χ2v) is 5.70. The molecule has 1 aromatic carbocycles. The van der Waals surface area contributed by atoms with E-state index in [4.69, 9.17) is 9.52 Å². The summed E-state index contributed by atoms with van der Waals surface area (Å²) in [6, 6.07) is 7.61. The number of nitrogens with zero attached hydrogens (tertiary/aromatic N) is 1. The molecule has 1 heterocycles. The van der Waals surface area contributed by atoms with Crippen LogP contribution in [0, 0.1) is 6.92 Å². The Bertz CT molecular complexity index is 652. The third-order valence-electron chi connectivity index (χ3n) is 2.85. The summed E-state index contributed by atoms with van der Waals surface area (Å²) in [6.07, 6.45) is 1.24. The van der Waals surface area contributed by atoms with E-state index < -0.39 is 5.97 Å². The minimum atomic E-state index is -0.866. The first-order chi connectivity index (χ1) is 10.6. The number of oxazole rings is 1. The first-order valence-electron chi connectivity index (χ1n) is 6.66. The summed E-state index contributed by atoms with van der Waals surface area (Å²) in [5.41, 5.74) is 2.13. The van der Waals surface area contributed by atoms with Crippen molar-refractivity contribution in [3.8, 4) is 11.3 Å². The quantitative estimate of drug-likeness (QED) is 0.760. The topological polar surface area (TPSA) is 92.4 Å². The van der Waals surface area contributed by atoms with Crippen molar-refractivity contribution in [2.24, 2.45) is 0 Å². The van der Waals surface area contributed by atoms with Crippen LogP contribution in [0.1, 0.15) is 16.1 Å². The third kappa shape index (κ3) is 4.36. The van der Waals surface area contributed by atoms with E-state index in [-0.39, 0.29) is 17.4 Å². The Hall–Kier alpha value is -2.28. The Labute approximate surface area is 131 Å². The van der Waals surface area contributed by atoms with Gasteiger partial charge in [-0.15, -0.1) is 11.8 Å². The zero-order valence-corrected chi connectivity index (χ0v) is 12.9. The van der Waals surface area contributed by atoms with Gasteiger partial charge in [-0.05, 0) is 6.92 Å². The number of thioether (sulfide) groups is 1. The Kier molecular flexibility index (Phi) is 5.60. The summed E-state index contributed by atoms with van der Waals surface area (Å²) in [6.45, 7) is 2.35. The van der Waals surface area contributed by atoms with Gasteiger partial charge in [-0.2, -0.15) is 0 Å². The number of carboxylic acids is 1. The van der Waals surface area contributed by atoms with Gasteiger partial charge in [-0.3, -0.25) is 9.59 Å². The molecule has 0 saturated carbocycles. The van der Waals surface area contributed by atoms with E-state index >= 15 is 0 Å². The van der Waals surface area contributed by atoms with Crippen molar-refractivity contribution in [2.75, 3.05) is 18.1 Å². The molecule has 0 bridgehead atoms. The summed E-state index contributed by atoms with van der Waals surface area (Å²) in [7, 11) is 0. The predicted octanol–water partition coefficient (Wildman–Crippen LogP) is 2.20. The molecule has 2 N–H and O–H groups in total. The van der Waals surface area contributed by atoms with Gasteiger partial charge in [0, 0.05) is 17.9 Å². The first-order valence-corrected chi connectivity index (χ1v) is 7.81. The molecule has 0 aliphatic rings. The Morgan fingerprint density at radius 1 is 1.32 bits per heavy atom. The number of aliphatic carboxylic acids is 1. The Balaban J connectivity index is 1.95. The number of nitrogens with one attached hydrogen (secondary N) is 1. The molecule has 2 rings (SSSR count). The lowest BCUT2D eigenvalue weighted by Gasteiger charge is -2.04. The molecular formula is C15H16N2O4S. The van der Waals surface area contributed by atoms with Gasteiger partial charge in [0.25, 0.3) is 5.91 Å². The highest BCUT2D eigenvalue weighted by Gasteiger charge is 2.17. The predicted molar refractivity (Wildman–Crippen MR) is 84.0 cm³/mol. The second-order valence-electron chi connectivity index (χ2n) is 4.60. The lowest BCUT2D eigenvalue weighted by Crippen LogP contribution is -2.26. The fourth-order valence-electron chi connectivity index (χ4n) is 1.80. The van der Waals surface area contributed by atoms with E-state index in [0.29, 0.717) is 18.1 Å². The van der Waals surface area contributed by atoms with Crippen molar-refractivity contribution < 1.29 is 19.1 Å². The van der Waals surface area contributed by atoms with Crippen molar-refractivity contribution in [3.05, 3.63) is 41.9 Å². The monoisotopic (exact) mass is 320 g/mol. The van der Waals surface area contributed by atoms with Crippen LogP contribution in [0.4, 0.5) is 0 Å². The van der Waals surface area contributed by atoms with Gasteiger partial charge in [0.05, 0.1) is 5.75 Å². The lowest BCUT2D eigenvalue weighted by molar-refractivity contribution is -0.133. The second kappa shape index (κ2) is 7.65. The Morgan fingerprint density at radius 2 is 2.05 bits per heavy atom. The molecular weight excluding hydrogens is 304 g/mol. The van der Waals surface area contributed by atoms with Crippen LogP contribution in [-0.4, -0.2) is 40.0 Å². The van der Waals surface area contributed by atoms with Crippen LogP contribution in [0.15, 0.2) is 35.1 Å². The molecule has 0 atom stereocenters. The van der Waals surface area contributed by atoms with E-state index in [1.165, 1.54) is 18.2 Å². The zero-order chi connectivity index (χ0) is 15.9. The van der Waals surface area contributed by atoms with Crippen LogP contribution in [0.2, 0.25) is 0 Å². The van der Waals surface area contributed by atoms with E-state index in [1.54, 1.807) is 0 Å². The summed E-state index contributed by atoms with van der Waals surface area (Å²) >= 11 is 1.24. The van der Waals surface area contributed by atoms with E-state index in [0.717, 1.165) is 11.1 Å². The number of carboxylic acid groups (broad SMARTS) is 1. The number of carbonyl (C=O) groups excluding carboxylic acids is 1. The van der Waals surface area contributed by atoms with Crippen molar-refractivity contribution in [3.63, 3.8) is 0 Å². The molecule has 1 aromatic heterocycles. The molecule has 7 heteroatoms. The largest absolute Gasteiger partial charge is 0.481 e. The van der Waals surface area contributed by atoms with Gasteiger partial charge in [0.15, 0.2) is 17.8 Å². The maximum absolute atomic E-state index is 12.1. The van der Waals surface area contributed by atoms with Crippen molar-refractivity contribution >= 4 is 23.6 Å². The highest BCUT2D eigenvalue weighted by Crippen LogP contribution is 2.23. The minimum absolute atomic E-state index is 0.0223. The summed E-state index contributed by atoms with van der Waals surface area (Å²) < 4.78 is 5.32. The molecule has 0 fully saturated rings. The molecule has 0 radical (unpaired) electrons. The van der Waals surface area contributed by atoms with Gasteiger partial charge in [0.2, 0.25) is 0 Å². The molecule has 116 valence electrons. The standard InChI is InChI=1S/C15H16N2O4S/c1-10-2-4-11(5-3-10)14-13(17-9-21-14)15(20)16-6-7-22-8-12(18)19/h2-5,9H,6-8H2,1H3,(H,16,20)(H,18,19). The number of hydrogen-bond donors (Lipinski definition) is 2. The maximum Gasteiger partial charge on any atom is 0.313 e. The lowest BCUT2D eigenvalue weighted by atomic mass is 10.1. The third-order valence-corrected chi connectivity index (χ3v) is 3.80. The van der Waals surface area contributed by atoms with Crippen molar-refractivity contribution in [1.29, 1.82) is 0 Å². The molecule has 6 nitrogen and oxygen atoms in total. The number of rotatable bonds is 7. The minimum Gasteiger partial charge on any atom is -0.481 e. The van der Waals surface area contributed by atoms with Gasteiger partial charge >= 0.3 is 5.97 Å². The van der Waals surface area contributed by atoms with Crippen LogP contribution in [-0.2, 0) is 4.79 Å². The average Bonchev–Trinajstić information content (AvgIpc) is 2.96. The summed E-state index contributed by atoms with van der Waals surface area (Å²) in [5.74, 6) is -0.227. The molecule has 0 unspecified atom stereocenters. The average molecular weight is 320 g/mol. The van der Waals surface area contributed by atoms with E-state index in [1.807, 2.05) is 31.2 Å². The number of benzene rings is 1. The van der Waals surface area contributed by atoms with Gasteiger partial charge in [-0.25, -0.2) is 4.98 Å². The van der Waals surface area contributed by atoms with Gasteiger partial charge < -0.3 is 14.8 Å². The molecule has 2 aromatic rings. The van der Waals surface area contributed by atoms with Crippen LogP contribution in [0.25, 0.3) is 11.3 Å². The number of hydrogen-bond acceptors (Lipinski definition) is 5. The zero-order valence-electron chi connectivity index (χ0n) is 12.0. The summed E-state index contributed by atoms with van der Waals surface area (Å²) in [5, 5.41) is 11.2. The molecule has 22 heavy (non-hydrogen) atoms. The van der Waals surface area contributed by atoms with Crippen LogP contribution in [0.5, 0.6) is 0 Å².